The van der Waals surface area contributed by atoms with Crippen molar-refractivity contribution in [3.63, 3.8) is 0 Å². The highest BCUT2D eigenvalue weighted by Crippen LogP contribution is 2.50. The van der Waals surface area contributed by atoms with Crippen LogP contribution in [0.4, 0.5) is 8.78 Å². The SMILES string of the molecule is CCCCCCCCCCCCC(CCCCCCCCCC)CN1C(=O)c2cc(-c3ccc(-c4sc(C)c(F)c4F)s3)c3c4c(cc(-c5ccc(C)s5)c(c24)C1=O)C(=O)N(CC(CCCCCCCCCC)CCCCCCCCCCCC)C3=O. The molecule has 7 rings (SSSR count). The summed E-state index contributed by atoms with van der Waals surface area (Å²) in [5.41, 5.74) is 2.42. The topological polar surface area (TPSA) is 74.8 Å². The number of benzene rings is 2. The van der Waals surface area contributed by atoms with Crippen molar-refractivity contribution in [3.05, 3.63) is 80.0 Å². The first-order valence-corrected chi connectivity index (χ1v) is 37.9. The summed E-state index contributed by atoms with van der Waals surface area (Å²) in [7, 11) is 0. The number of carbonyl (C=O) groups is 4. The lowest BCUT2D eigenvalue weighted by Gasteiger charge is -2.36. The monoisotopic (exact) mass is 1250 g/mol. The number of hydrogen-bond acceptors (Lipinski definition) is 7. The minimum atomic E-state index is -0.898. The Morgan fingerprint density at radius 3 is 0.977 bits per heavy atom. The second kappa shape index (κ2) is 37.9. The van der Waals surface area contributed by atoms with E-state index in [0.29, 0.717) is 60.5 Å². The summed E-state index contributed by atoms with van der Waals surface area (Å²) in [4.78, 5) is 69.6. The van der Waals surface area contributed by atoms with Crippen LogP contribution in [-0.4, -0.2) is 46.5 Å². The highest BCUT2D eigenvalue weighted by atomic mass is 32.1. The van der Waals surface area contributed by atoms with E-state index in [4.69, 9.17) is 0 Å². The van der Waals surface area contributed by atoms with Crippen LogP contribution >= 0.6 is 34.0 Å². The van der Waals surface area contributed by atoms with Crippen molar-refractivity contribution < 1.29 is 28.0 Å². The molecule has 2 atom stereocenters. The zero-order valence-electron chi connectivity index (χ0n) is 54.8. The molecule has 480 valence electrons. The van der Waals surface area contributed by atoms with Crippen molar-refractivity contribution in [1.82, 2.24) is 9.80 Å². The Balaban J connectivity index is 1.25. The second-order valence-corrected chi connectivity index (χ2v) is 29.9. The third-order valence-corrected chi connectivity index (χ3v) is 22.5. The van der Waals surface area contributed by atoms with E-state index in [-0.39, 0.29) is 39.9 Å². The van der Waals surface area contributed by atoms with E-state index in [1.165, 1.54) is 201 Å². The maximum absolute atomic E-state index is 15.9. The van der Waals surface area contributed by atoms with Crippen LogP contribution in [-0.2, 0) is 0 Å². The number of amides is 4. The molecule has 5 heterocycles. The molecule has 0 saturated carbocycles. The minimum Gasteiger partial charge on any atom is -0.274 e. The van der Waals surface area contributed by atoms with Crippen LogP contribution in [0.25, 0.3) is 41.4 Å². The standard InChI is InChI=1S/C76H110F2N2O4S3/c1-7-11-15-19-23-27-29-33-37-41-45-57(43-39-35-31-25-21-17-13-9-3)53-79-74(82)62-52-60(64-49-50-65(87-64)72-71(78)70(77)56(6)86-72)69-67-61(51-59(63-48-47-55(5)85-63)68(66(62)67)75(79)83)73(81)80(76(69)84)54-58(44-40-36-32-26-22-18-14-10-4)46-42-38-34-30-28-24-20-16-12-8-2/h47-52,57-58H,7-46,53-54H2,1-6H3. The number of halogens is 2. The molecule has 0 aliphatic carbocycles. The van der Waals surface area contributed by atoms with Crippen LogP contribution in [0.3, 0.4) is 0 Å². The van der Waals surface area contributed by atoms with E-state index < -0.39 is 23.4 Å². The van der Waals surface area contributed by atoms with E-state index in [9.17, 15) is 0 Å². The lowest BCUT2D eigenvalue weighted by atomic mass is 9.80. The zero-order valence-corrected chi connectivity index (χ0v) is 57.3. The van der Waals surface area contributed by atoms with Crippen molar-refractivity contribution >= 4 is 68.4 Å². The summed E-state index contributed by atoms with van der Waals surface area (Å²) in [5.74, 6) is -3.12. The number of nitrogens with zero attached hydrogens (tertiary/aromatic N) is 2. The predicted molar refractivity (Wildman–Crippen MR) is 368 cm³/mol. The van der Waals surface area contributed by atoms with Crippen LogP contribution in [0.1, 0.15) is 336 Å². The lowest BCUT2D eigenvalue weighted by Crippen LogP contribution is -2.46. The van der Waals surface area contributed by atoms with Gasteiger partial charge in [-0.2, -0.15) is 0 Å². The summed E-state index contributed by atoms with van der Waals surface area (Å²) in [5, 5.41) is 0.741. The summed E-state index contributed by atoms with van der Waals surface area (Å²) >= 11 is 3.89. The quantitative estimate of drug-likeness (QED) is 0.0287. The van der Waals surface area contributed by atoms with E-state index in [1.807, 2.05) is 37.3 Å². The molecule has 0 fully saturated rings. The molecule has 4 amide bonds. The van der Waals surface area contributed by atoms with Gasteiger partial charge in [-0.25, -0.2) is 8.78 Å². The average molecular weight is 1250 g/mol. The van der Waals surface area contributed by atoms with Gasteiger partial charge in [0.2, 0.25) is 0 Å². The summed E-state index contributed by atoms with van der Waals surface area (Å²) in [6.07, 6.45) is 47.7. The highest BCUT2D eigenvalue weighted by molar-refractivity contribution is 7.24. The summed E-state index contributed by atoms with van der Waals surface area (Å²) < 4.78 is 30.7. The first kappa shape index (κ1) is 70.4. The molecule has 5 aromatic rings. The van der Waals surface area contributed by atoms with Crippen LogP contribution < -0.4 is 0 Å². The van der Waals surface area contributed by atoms with Crippen molar-refractivity contribution in [2.45, 2.75) is 298 Å². The maximum Gasteiger partial charge on any atom is 0.262 e. The number of hydrogen-bond donors (Lipinski definition) is 0. The van der Waals surface area contributed by atoms with Crippen LogP contribution in [0.2, 0.25) is 0 Å². The van der Waals surface area contributed by atoms with Crippen molar-refractivity contribution in [2.24, 2.45) is 11.8 Å². The normalized spacial score (nSPS) is 14.0. The molecule has 2 aliphatic rings. The average Bonchev–Trinajstić information content (AvgIpc) is 1.46. The fourth-order valence-electron chi connectivity index (χ4n) is 13.9. The highest BCUT2D eigenvalue weighted by Gasteiger charge is 2.44. The largest absolute Gasteiger partial charge is 0.274 e. The minimum absolute atomic E-state index is 0.105. The summed E-state index contributed by atoms with van der Waals surface area (Å²) in [6.45, 7) is 13.2. The van der Waals surface area contributed by atoms with Gasteiger partial charge < -0.3 is 0 Å². The lowest BCUT2D eigenvalue weighted by molar-refractivity contribution is 0.0557. The van der Waals surface area contributed by atoms with Gasteiger partial charge in [-0.15, -0.1) is 34.0 Å². The Labute approximate surface area is 536 Å². The van der Waals surface area contributed by atoms with Crippen LogP contribution in [0, 0.1) is 37.3 Å². The molecule has 2 unspecified atom stereocenters. The number of carbonyl (C=O) groups excluding carboxylic acids is 4. The third kappa shape index (κ3) is 20.0. The van der Waals surface area contributed by atoms with E-state index in [1.54, 1.807) is 24.3 Å². The molecule has 0 saturated heterocycles. The van der Waals surface area contributed by atoms with E-state index in [0.717, 1.165) is 98.1 Å². The summed E-state index contributed by atoms with van der Waals surface area (Å²) in [6, 6.07) is 11.4. The van der Waals surface area contributed by atoms with Gasteiger partial charge in [-0.1, -0.05) is 259 Å². The molecule has 0 N–H and O–H groups in total. The molecule has 87 heavy (non-hydrogen) atoms. The Morgan fingerprint density at radius 1 is 0.356 bits per heavy atom. The Bertz CT molecular complexity index is 2930. The molecule has 0 bridgehead atoms. The van der Waals surface area contributed by atoms with Gasteiger partial charge in [-0.05, 0) is 87.8 Å². The second-order valence-electron chi connectivity index (χ2n) is 26.3. The fraction of sp³-hybridized carbons (Fsp3) is 0.658. The van der Waals surface area contributed by atoms with Crippen molar-refractivity contribution in [2.75, 3.05) is 13.1 Å². The van der Waals surface area contributed by atoms with E-state index >= 15 is 28.0 Å². The first-order chi connectivity index (χ1) is 42.4. The van der Waals surface area contributed by atoms with Crippen molar-refractivity contribution in [1.29, 1.82) is 0 Å². The molecular weight excluding hydrogens is 1140 g/mol. The fourth-order valence-corrected chi connectivity index (χ4v) is 16.8. The number of thiophene rings is 3. The third-order valence-electron chi connectivity index (χ3n) is 19.1. The number of imide groups is 2. The molecule has 0 radical (unpaired) electrons. The van der Waals surface area contributed by atoms with Gasteiger partial charge in [0.05, 0.1) is 16.0 Å². The molecule has 0 spiro atoms. The predicted octanol–water partition coefficient (Wildman–Crippen LogP) is 25.0. The smallest absolute Gasteiger partial charge is 0.262 e. The molecular formula is C76H110F2N2O4S3. The molecule has 3 aromatic heterocycles. The van der Waals surface area contributed by atoms with Crippen molar-refractivity contribution in [3.8, 4) is 30.6 Å². The molecule has 11 heteroatoms. The Hall–Kier alpha value is -4.06. The van der Waals surface area contributed by atoms with Gasteiger partial charge in [0.15, 0.2) is 11.6 Å². The number of unbranched alkanes of at least 4 members (excludes halogenated alkanes) is 32. The Morgan fingerprint density at radius 2 is 0.667 bits per heavy atom. The molecule has 6 nitrogen and oxygen atoms in total. The van der Waals surface area contributed by atoms with E-state index in [2.05, 4.69) is 27.7 Å². The van der Waals surface area contributed by atoms with Gasteiger partial charge in [0, 0.05) is 70.5 Å². The Kier molecular flexibility index (Phi) is 30.7. The zero-order chi connectivity index (χ0) is 61.9. The van der Waals surface area contributed by atoms with Crippen LogP contribution in [0.15, 0.2) is 36.4 Å². The number of aryl methyl sites for hydroxylation is 2. The van der Waals surface area contributed by atoms with Gasteiger partial charge in [-0.3, -0.25) is 29.0 Å². The first-order valence-electron chi connectivity index (χ1n) is 35.5. The van der Waals surface area contributed by atoms with Crippen LogP contribution in [0.5, 0.6) is 0 Å². The van der Waals surface area contributed by atoms with Gasteiger partial charge in [0.25, 0.3) is 23.6 Å². The molecule has 2 aliphatic heterocycles. The maximum atomic E-state index is 15.9. The van der Waals surface area contributed by atoms with Gasteiger partial charge >= 0.3 is 0 Å². The van der Waals surface area contributed by atoms with Gasteiger partial charge in [0.1, 0.15) is 0 Å². The molecule has 2 aromatic carbocycles. The number of rotatable bonds is 47.